The van der Waals surface area contributed by atoms with Crippen molar-refractivity contribution in [3.63, 3.8) is 0 Å². The van der Waals surface area contributed by atoms with Crippen molar-refractivity contribution < 1.29 is 19.4 Å². The Balaban J connectivity index is 1.99. The van der Waals surface area contributed by atoms with E-state index in [-0.39, 0.29) is 35.6 Å². The zero-order valence-corrected chi connectivity index (χ0v) is 11.4. The molecule has 4 heteroatoms. The van der Waals surface area contributed by atoms with E-state index in [1.54, 1.807) is 0 Å². The Hall–Kier alpha value is -1.16. The molecule has 0 unspecified atom stereocenters. The summed E-state index contributed by atoms with van der Waals surface area (Å²) in [6.07, 6.45) is 0.778. The van der Waals surface area contributed by atoms with Crippen LogP contribution in [-0.2, 0) is 14.3 Å². The summed E-state index contributed by atoms with van der Waals surface area (Å²) in [7, 11) is 0. The molecule has 3 fully saturated rings. The lowest BCUT2D eigenvalue weighted by Gasteiger charge is -2.35. The maximum Gasteiger partial charge on any atom is 0.334 e. The standard InChI is InChI=1S/C15H20O4/c1-7-4-12-9(8(2)14(18)19-12)6-15(3)10(7)5-11(16)13(15)17/h7,9-10,12-13,17H,2,4-6H2,1,3H3/t7-,9+,10-,12+,13-,15-/m1/s1. The quantitative estimate of drug-likeness (QED) is 0.531. The minimum atomic E-state index is -0.915. The highest BCUT2D eigenvalue weighted by Crippen LogP contribution is 2.55. The van der Waals surface area contributed by atoms with E-state index < -0.39 is 11.5 Å². The number of hydrogen-bond donors (Lipinski definition) is 1. The monoisotopic (exact) mass is 264 g/mol. The molecule has 1 N–H and O–H groups in total. The number of aliphatic hydroxyl groups is 1. The van der Waals surface area contributed by atoms with Crippen LogP contribution in [0.5, 0.6) is 0 Å². The highest BCUT2D eigenvalue weighted by molar-refractivity contribution is 5.91. The molecule has 0 aromatic carbocycles. The van der Waals surface area contributed by atoms with E-state index in [4.69, 9.17) is 4.74 Å². The SMILES string of the molecule is C=C1C(=O)O[C@H]2C[C@@H](C)[C@H]3CC(=O)[C@@H](O)[C@]3(C)C[C@@H]12. The highest BCUT2D eigenvalue weighted by Gasteiger charge is 2.58. The van der Waals surface area contributed by atoms with E-state index in [9.17, 15) is 14.7 Å². The molecule has 0 aromatic heterocycles. The van der Waals surface area contributed by atoms with Crippen LogP contribution in [0.25, 0.3) is 0 Å². The van der Waals surface area contributed by atoms with Crippen LogP contribution in [0.15, 0.2) is 12.2 Å². The lowest BCUT2D eigenvalue weighted by molar-refractivity contribution is -0.139. The molecule has 1 aliphatic heterocycles. The van der Waals surface area contributed by atoms with E-state index >= 15 is 0 Å². The predicted molar refractivity (Wildman–Crippen MR) is 68.1 cm³/mol. The minimum Gasteiger partial charge on any atom is -0.458 e. The van der Waals surface area contributed by atoms with Gasteiger partial charge in [-0.05, 0) is 24.7 Å². The van der Waals surface area contributed by atoms with Gasteiger partial charge in [-0.1, -0.05) is 20.4 Å². The van der Waals surface area contributed by atoms with Gasteiger partial charge in [0.2, 0.25) is 0 Å². The molecule has 3 aliphatic rings. The van der Waals surface area contributed by atoms with Crippen LogP contribution in [0.3, 0.4) is 0 Å². The molecule has 1 heterocycles. The summed E-state index contributed by atoms with van der Waals surface area (Å²) in [6, 6.07) is 0. The average Bonchev–Trinajstić information content (AvgIpc) is 2.68. The van der Waals surface area contributed by atoms with Crippen molar-refractivity contribution in [3.05, 3.63) is 12.2 Å². The van der Waals surface area contributed by atoms with Crippen molar-refractivity contribution >= 4 is 11.8 Å². The van der Waals surface area contributed by atoms with Crippen molar-refractivity contribution in [1.29, 1.82) is 0 Å². The van der Waals surface area contributed by atoms with Crippen LogP contribution in [0.1, 0.15) is 33.1 Å². The summed E-state index contributed by atoms with van der Waals surface area (Å²) in [5, 5.41) is 10.3. The summed E-state index contributed by atoms with van der Waals surface area (Å²) >= 11 is 0. The topological polar surface area (TPSA) is 63.6 Å². The van der Waals surface area contributed by atoms with Gasteiger partial charge in [0.25, 0.3) is 0 Å². The molecule has 6 atom stereocenters. The number of fused-ring (bicyclic) bond motifs is 2. The number of esters is 1. The number of hydrogen-bond acceptors (Lipinski definition) is 4. The fourth-order valence-electron chi connectivity index (χ4n) is 4.39. The highest BCUT2D eigenvalue weighted by atomic mass is 16.6. The van der Waals surface area contributed by atoms with Crippen LogP contribution in [0.4, 0.5) is 0 Å². The van der Waals surface area contributed by atoms with Crippen LogP contribution in [0.2, 0.25) is 0 Å². The lowest BCUT2D eigenvalue weighted by atomic mass is 9.69. The van der Waals surface area contributed by atoms with Crippen molar-refractivity contribution in [2.75, 3.05) is 0 Å². The molecule has 0 spiro atoms. The number of Topliss-reactive ketones (excluding diaryl/α,β-unsaturated/α-hetero) is 1. The molecule has 19 heavy (non-hydrogen) atoms. The summed E-state index contributed by atoms with van der Waals surface area (Å²) < 4.78 is 5.40. The van der Waals surface area contributed by atoms with Gasteiger partial charge in [-0.2, -0.15) is 0 Å². The number of ether oxygens (including phenoxy) is 1. The Morgan fingerprint density at radius 3 is 2.79 bits per heavy atom. The normalized spacial score (nSPS) is 49.6. The summed E-state index contributed by atoms with van der Waals surface area (Å²) in [4.78, 5) is 23.5. The lowest BCUT2D eigenvalue weighted by Crippen LogP contribution is -2.37. The van der Waals surface area contributed by atoms with E-state index in [0.29, 0.717) is 18.4 Å². The summed E-state index contributed by atoms with van der Waals surface area (Å²) in [6.45, 7) is 7.90. The van der Waals surface area contributed by atoms with Crippen LogP contribution < -0.4 is 0 Å². The third-order valence-electron chi connectivity index (χ3n) is 5.57. The smallest absolute Gasteiger partial charge is 0.334 e. The third-order valence-corrected chi connectivity index (χ3v) is 5.57. The second-order valence-electron chi connectivity index (χ2n) is 6.68. The Kier molecular flexibility index (Phi) is 2.65. The first-order valence-corrected chi connectivity index (χ1v) is 6.95. The second-order valence-corrected chi connectivity index (χ2v) is 6.68. The van der Waals surface area contributed by atoms with E-state index in [1.807, 2.05) is 6.92 Å². The van der Waals surface area contributed by atoms with Crippen molar-refractivity contribution in [2.45, 2.75) is 45.3 Å². The average molecular weight is 264 g/mol. The Morgan fingerprint density at radius 2 is 2.11 bits per heavy atom. The largest absolute Gasteiger partial charge is 0.458 e. The molecule has 0 radical (unpaired) electrons. The summed E-state index contributed by atoms with van der Waals surface area (Å²) in [5.41, 5.74) is 0.0537. The molecule has 4 nitrogen and oxygen atoms in total. The molecular formula is C15H20O4. The Labute approximate surface area is 112 Å². The number of carbonyl (C=O) groups excluding carboxylic acids is 2. The maximum atomic E-state index is 11.9. The van der Waals surface area contributed by atoms with Gasteiger partial charge >= 0.3 is 5.97 Å². The maximum absolute atomic E-state index is 11.9. The van der Waals surface area contributed by atoms with E-state index in [0.717, 1.165) is 6.42 Å². The number of aliphatic hydroxyl groups excluding tert-OH is 1. The molecule has 0 aromatic rings. The fourth-order valence-corrected chi connectivity index (χ4v) is 4.39. The minimum absolute atomic E-state index is 0.0505. The zero-order valence-electron chi connectivity index (χ0n) is 11.4. The summed E-state index contributed by atoms with van der Waals surface area (Å²) in [5.74, 6) is 0.00844. The van der Waals surface area contributed by atoms with Gasteiger partial charge < -0.3 is 9.84 Å². The predicted octanol–water partition coefficient (Wildman–Crippen LogP) is 1.47. The van der Waals surface area contributed by atoms with Crippen LogP contribution >= 0.6 is 0 Å². The molecule has 104 valence electrons. The van der Waals surface area contributed by atoms with Crippen molar-refractivity contribution in [3.8, 4) is 0 Å². The molecular weight excluding hydrogens is 244 g/mol. The number of rotatable bonds is 0. The Morgan fingerprint density at radius 1 is 1.42 bits per heavy atom. The molecule has 0 bridgehead atoms. The van der Waals surface area contributed by atoms with Gasteiger partial charge in [-0.25, -0.2) is 4.79 Å². The molecule has 3 rings (SSSR count). The van der Waals surface area contributed by atoms with Gasteiger partial charge in [0.05, 0.1) is 0 Å². The molecule has 1 saturated heterocycles. The molecule has 2 saturated carbocycles. The van der Waals surface area contributed by atoms with Gasteiger partial charge in [-0.3, -0.25) is 4.79 Å². The van der Waals surface area contributed by atoms with Gasteiger partial charge in [0.1, 0.15) is 12.2 Å². The number of ketones is 1. The van der Waals surface area contributed by atoms with Gasteiger partial charge in [0.15, 0.2) is 5.78 Å². The first-order valence-electron chi connectivity index (χ1n) is 6.95. The Bertz CT molecular complexity index is 469. The van der Waals surface area contributed by atoms with E-state index in [1.165, 1.54) is 0 Å². The second kappa shape index (κ2) is 3.92. The zero-order chi connectivity index (χ0) is 13.9. The first kappa shape index (κ1) is 12.9. The molecule has 2 aliphatic carbocycles. The van der Waals surface area contributed by atoms with Gasteiger partial charge in [0, 0.05) is 23.3 Å². The fraction of sp³-hybridized carbons (Fsp3) is 0.733. The van der Waals surface area contributed by atoms with Crippen LogP contribution in [0, 0.1) is 23.2 Å². The van der Waals surface area contributed by atoms with Crippen molar-refractivity contribution in [1.82, 2.24) is 0 Å². The van der Waals surface area contributed by atoms with Crippen molar-refractivity contribution in [2.24, 2.45) is 23.2 Å². The third kappa shape index (κ3) is 1.62. The molecule has 0 amide bonds. The van der Waals surface area contributed by atoms with Crippen LogP contribution in [-0.4, -0.2) is 29.1 Å². The van der Waals surface area contributed by atoms with E-state index in [2.05, 4.69) is 13.5 Å². The van der Waals surface area contributed by atoms with Gasteiger partial charge in [-0.15, -0.1) is 0 Å². The number of carbonyl (C=O) groups is 2. The first-order chi connectivity index (χ1) is 8.84.